The summed E-state index contributed by atoms with van der Waals surface area (Å²) in [4.78, 5) is 0. The van der Waals surface area contributed by atoms with Gasteiger partial charge in [-0.25, -0.2) is 4.39 Å². The van der Waals surface area contributed by atoms with E-state index in [1.807, 2.05) is 0 Å². The largest absolute Gasteiger partial charge is 0.325 e. The van der Waals surface area contributed by atoms with E-state index in [4.69, 9.17) is 5.73 Å². The van der Waals surface area contributed by atoms with Gasteiger partial charge in [-0.1, -0.05) is 18.2 Å². The summed E-state index contributed by atoms with van der Waals surface area (Å²) in [5, 5.41) is 4.17. The Bertz CT molecular complexity index is 476. The smallest absolute Gasteiger partial charge is 0.131 e. The quantitative estimate of drug-likeness (QED) is 0.810. The van der Waals surface area contributed by atoms with Gasteiger partial charge in [-0.05, 0) is 6.07 Å². The Morgan fingerprint density at radius 3 is 2.73 bits per heavy atom. The highest BCUT2D eigenvalue weighted by Gasteiger charge is 2.11. The molecule has 0 radical (unpaired) electrons. The van der Waals surface area contributed by atoms with E-state index in [9.17, 15) is 4.39 Å². The van der Waals surface area contributed by atoms with E-state index in [1.54, 1.807) is 36.1 Å². The zero-order chi connectivity index (χ0) is 10.8. The SMILES string of the molecule is Cn1cc(-c2ccccc2F)c(CN)n1. The average molecular weight is 205 g/mol. The van der Waals surface area contributed by atoms with Gasteiger partial charge < -0.3 is 5.73 Å². The van der Waals surface area contributed by atoms with E-state index in [0.717, 1.165) is 5.56 Å². The highest BCUT2D eigenvalue weighted by Crippen LogP contribution is 2.24. The van der Waals surface area contributed by atoms with Gasteiger partial charge in [0.05, 0.1) is 5.69 Å². The fourth-order valence-corrected chi connectivity index (χ4v) is 1.59. The maximum Gasteiger partial charge on any atom is 0.131 e. The molecule has 0 bridgehead atoms. The van der Waals surface area contributed by atoms with Gasteiger partial charge in [0.1, 0.15) is 5.82 Å². The van der Waals surface area contributed by atoms with Crippen molar-refractivity contribution in [2.24, 2.45) is 12.8 Å². The van der Waals surface area contributed by atoms with E-state index in [-0.39, 0.29) is 5.82 Å². The van der Waals surface area contributed by atoms with E-state index in [1.165, 1.54) is 6.07 Å². The van der Waals surface area contributed by atoms with Crippen LogP contribution in [0.4, 0.5) is 4.39 Å². The second-order valence-electron chi connectivity index (χ2n) is 3.35. The Labute approximate surface area is 87.3 Å². The molecule has 0 aliphatic heterocycles. The molecule has 0 aliphatic rings. The summed E-state index contributed by atoms with van der Waals surface area (Å²) in [5.74, 6) is -0.250. The summed E-state index contributed by atoms with van der Waals surface area (Å²) in [5.41, 5.74) is 7.57. The third-order valence-corrected chi connectivity index (χ3v) is 2.26. The molecule has 0 atom stereocenters. The predicted octanol–water partition coefficient (Wildman–Crippen LogP) is 1.68. The molecule has 0 aliphatic carbocycles. The molecular weight excluding hydrogens is 193 g/mol. The first kappa shape index (κ1) is 9.86. The van der Waals surface area contributed by atoms with Crippen molar-refractivity contribution < 1.29 is 4.39 Å². The number of hydrogen-bond donors (Lipinski definition) is 1. The minimum Gasteiger partial charge on any atom is -0.325 e. The lowest BCUT2D eigenvalue weighted by molar-refractivity contribution is 0.631. The van der Waals surface area contributed by atoms with Crippen LogP contribution in [-0.4, -0.2) is 9.78 Å². The van der Waals surface area contributed by atoms with Crippen LogP contribution in [0.1, 0.15) is 5.69 Å². The third-order valence-electron chi connectivity index (χ3n) is 2.26. The predicted molar refractivity (Wildman–Crippen MR) is 56.5 cm³/mol. The molecule has 4 heteroatoms. The monoisotopic (exact) mass is 205 g/mol. The molecule has 0 fully saturated rings. The number of rotatable bonds is 2. The van der Waals surface area contributed by atoms with Gasteiger partial charge in [0, 0.05) is 30.9 Å². The molecule has 3 nitrogen and oxygen atoms in total. The van der Waals surface area contributed by atoms with Crippen molar-refractivity contribution in [3.63, 3.8) is 0 Å². The van der Waals surface area contributed by atoms with Crippen molar-refractivity contribution in [1.29, 1.82) is 0 Å². The van der Waals surface area contributed by atoms with Gasteiger partial charge in [-0.2, -0.15) is 5.10 Å². The maximum absolute atomic E-state index is 13.5. The first-order chi connectivity index (χ1) is 7.22. The van der Waals surface area contributed by atoms with Crippen LogP contribution in [0.2, 0.25) is 0 Å². The Hall–Kier alpha value is -1.68. The molecule has 0 unspecified atom stereocenters. The molecule has 2 rings (SSSR count). The number of nitrogens with zero attached hydrogens (tertiary/aromatic N) is 2. The number of aryl methyl sites for hydroxylation is 1. The standard InChI is InChI=1S/C11H12FN3/c1-15-7-9(11(6-13)14-15)8-4-2-3-5-10(8)12/h2-5,7H,6,13H2,1H3. The summed E-state index contributed by atoms with van der Waals surface area (Å²) in [6, 6.07) is 6.62. The molecule has 78 valence electrons. The zero-order valence-corrected chi connectivity index (χ0v) is 8.44. The molecular formula is C11H12FN3. The summed E-state index contributed by atoms with van der Waals surface area (Å²) < 4.78 is 15.2. The van der Waals surface area contributed by atoms with Gasteiger partial charge in [0.2, 0.25) is 0 Å². The molecule has 1 heterocycles. The van der Waals surface area contributed by atoms with Crippen LogP contribution in [0.25, 0.3) is 11.1 Å². The van der Waals surface area contributed by atoms with E-state index < -0.39 is 0 Å². The van der Waals surface area contributed by atoms with Crippen molar-refractivity contribution >= 4 is 0 Å². The highest BCUT2D eigenvalue weighted by molar-refractivity contribution is 5.65. The van der Waals surface area contributed by atoms with Crippen LogP contribution >= 0.6 is 0 Å². The Balaban J connectivity index is 2.58. The highest BCUT2D eigenvalue weighted by atomic mass is 19.1. The fraction of sp³-hybridized carbons (Fsp3) is 0.182. The molecule has 0 spiro atoms. The molecule has 1 aromatic heterocycles. The first-order valence-corrected chi connectivity index (χ1v) is 4.70. The van der Waals surface area contributed by atoms with Gasteiger partial charge in [0.15, 0.2) is 0 Å². The summed E-state index contributed by atoms with van der Waals surface area (Å²) in [6.07, 6.45) is 1.78. The number of benzene rings is 1. The van der Waals surface area contributed by atoms with Gasteiger partial charge >= 0.3 is 0 Å². The lowest BCUT2D eigenvalue weighted by Crippen LogP contribution is -2.00. The lowest BCUT2D eigenvalue weighted by atomic mass is 10.1. The summed E-state index contributed by atoms with van der Waals surface area (Å²) in [7, 11) is 1.80. The van der Waals surface area contributed by atoms with E-state index in [0.29, 0.717) is 17.8 Å². The zero-order valence-electron chi connectivity index (χ0n) is 8.44. The molecule has 2 aromatic rings. The van der Waals surface area contributed by atoms with Gasteiger partial charge in [-0.15, -0.1) is 0 Å². The van der Waals surface area contributed by atoms with Crippen molar-refractivity contribution in [3.05, 3.63) is 42.0 Å². The topological polar surface area (TPSA) is 43.8 Å². The molecule has 1 aromatic carbocycles. The Kier molecular flexibility index (Phi) is 2.51. The van der Waals surface area contributed by atoms with Crippen LogP contribution in [-0.2, 0) is 13.6 Å². The van der Waals surface area contributed by atoms with Crippen LogP contribution in [0.5, 0.6) is 0 Å². The number of nitrogens with two attached hydrogens (primary N) is 1. The molecule has 15 heavy (non-hydrogen) atoms. The maximum atomic E-state index is 13.5. The number of aromatic nitrogens is 2. The number of hydrogen-bond acceptors (Lipinski definition) is 2. The van der Waals surface area contributed by atoms with Gasteiger partial charge in [0.25, 0.3) is 0 Å². The lowest BCUT2D eigenvalue weighted by Gasteiger charge is -2.01. The normalized spacial score (nSPS) is 10.6. The molecule has 0 amide bonds. The molecule has 0 saturated carbocycles. The summed E-state index contributed by atoms with van der Waals surface area (Å²) >= 11 is 0. The van der Waals surface area contributed by atoms with Crippen molar-refractivity contribution in [2.45, 2.75) is 6.54 Å². The van der Waals surface area contributed by atoms with Crippen LogP contribution in [0.15, 0.2) is 30.5 Å². The minimum absolute atomic E-state index is 0.250. The van der Waals surface area contributed by atoms with Crippen molar-refractivity contribution in [3.8, 4) is 11.1 Å². The Morgan fingerprint density at radius 2 is 2.07 bits per heavy atom. The summed E-state index contributed by atoms with van der Waals surface area (Å²) in [6.45, 7) is 0.310. The fourth-order valence-electron chi connectivity index (χ4n) is 1.59. The Morgan fingerprint density at radius 1 is 1.33 bits per heavy atom. The van der Waals surface area contributed by atoms with Gasteiger partial charge in [-0.3, -0.25) is 4.68 Å². The van der Waals surface area contributed by atoms with Crippen LogP contribution < -0.4 is 5.73 Å². The minimum atomic E-state index is -0.250. The molecule has 0 saturated heterocycles. The van der Waals surface area contributed by atoms with Crippen LogP contribution in [0, 0.1) is 5.82 Å². The van der Waals surface area contributed by atoms with Crippen molar-refractivity contribution in [1.82, 2.24) is 9.78 Å². The average Bonchev–Trinajstić information content (AvgIpc) is 2.60. The van der Waals surface area contributed by atoms with Crippen LogP contribution in [0.3, 0.4) is 0 Å². The second kappa shape index (κ2) is 3.82. The third kappa shape index (κ3) is 1.76. The second-order valence-corrected chi connectivity index (χ2v) is 3.35. The van der Waals surface area contributed by atoms with Crippen molar-refractivity contribution in [2.75, 3.05) is 0 Å². The first-order valence-electron chi connectivity index (χ1n) is 4.70. The van der Waals surface area contributed by atoms with E-state index in [2.05, 4.69) is 5.10 Å². The number of halogens is 1. The molecule has 2 N–H and O–H groups in total. The van der Waals surface area contributed by atoms with E-state index >= 15 is 0 Å².